The molecule has 9 heteroatoms. The minimum Gasteiger partial charge on any atom is -0.311 e. The van der Waals surface area contributed by atoms with Crippen LogP contribution in [0.25, 0.3) is 0 Å². The summed E-state index contributed by atoms with van der Waals surface area (Å²) in [4.78, 5) is 4.20. The van der Waals surface area contributed by atoms with Crippen molar-refractivity contribution in [2.45, 2.75) is 24.3 Å². The lowest BCUT2D eigenvalue weighted by Gasteiger charge is -2.29. The highest BCUT2D eigenvalue weighted by atomic mass is 31.2. The lowest BCUT2D eigenvalue weighted by Crippen LogP contribution is -2.24. The number of rotatable bonds is 5. The Hall–Kier alpha value is -0.550. The van der Waals surface area contributed by atoms with Crippen LogP contribution in [0.2, 0.25) is 0 Å². The first-order valence-corrected chi connectivity index (χ1v) is 9.48. The first kappa shape index (κ1) is 16.8. The number of aromatic nitrogens is 1. The molecule has 1 saturated heterocycles. The summed E-state index contributed by atoms with van der Waals surface area (Å²) < 4.78 is 46.3. The third kappa shape index (κ3) is 2.74. The Balaban J connectivity index is 2.46. The number of hydrogen-bond acceptors (Lipinski definition) is 7. The number of hydrogen-bond donors (Lipinski definition) is 0. The molecule has 1 aromatic heterocycles. The normalized spacial score (nSPS) is 33.2. The van der Waals surface area contributed by atoms with Crippen molar-refractivity contribution in [2.24, 2.45) is 0 Å². The zero-order valence-corrected chi connectivity index (χ0v) is 14.2. The van der Waals surface area contributed by atoms with Gasteiger partial charge in [0.05, 0.1) is 5.69 Å². The van der Waals surface area contributed by atoms with E-state index < -0.39 is 26.2 Å². The maximum atomic E-state index is 12.9. The van der Waals surface area contributed by atoms with Crippen molar-refractivity contribution in [3.63, 3.8) is 0 Å². The van der Waals surface area contributed by atoms with Crippen molar-refractivity contribution in [1.29, 1.82) is 0 Å². The summed E-state index contributed by atoms with van der Waals surface area (Å²) in [7, 11) is -3.28. The molecule has 0 amide bonds. The van der Waals surface area contributed by atoms with Gasteiger partial charge in [0.2, 0.25) is 0 Å². The molecule has 3 unspecified atom stereocenters. The average molecular weight is 335 g/mol. The van der Waals surface area contributed by atoms with Gasteiger partial charge in [0.25, 0.3) is 0 Å². The third-order valence-electron chi connectivity index (χ3n) is 3.62. The van der Waals surface area contributed by atoms with Gasteiger partial charge in [-0.3, -0.25) is 18.6 Å². The number of nitrogens with zero attached hydrogens (tertiary/aromatic N) is 1. The van der Waals surface area contributed by atoms with E-state index >= 15 is 0 Å². The summed E-state index contributed by atoms with van der Waals surface area (Å²) in [6.45, 7) is 1.55. The molecular formula is C12H19NO6P2. The molecule has 7 nitrogen and oxygen atoms in total. The van der Waals surface area contributed by atoms with Gasteiger partial charge < -0.3 is 13.6 Å². The van der Waals surface area contributed by atoms with Gasteiger partial charge in [0.15, 0.2) is 5.34 Å². The van der Waals surface area contributed by atoms with Gasteiger partial charge in [-0.2, -0.15) is 0 Å². The maximum Gasteiger partial charge on any atom is 0.361 e. The first-order valence-electron chi connectivity index (χ1n) is 6.33. The Bertz CT molecular complexity index is 587. The first-order chi connectivity index (χ1) is 9.84. The highest BCUT2D eigenvalue weighted by molar-refractivity contribution is 7.59. The van der Waals surface area contributed by atoms with Crippen molar-refractivity contribution < 1.29 is 27.2 Å². The molecule has 0 spiro atoms. The van der Waals surface area contributed by atoms with E-state index in [-0.39, 0.29) is 6.42 Å². The maximum absolute atomic E-state index is 12.9. The topological polar surface area (TPSA) is 84.0 Å². The van der Waals surface area contributed by atoms with E-state index in [1.54, 1.807) is 31.3 Å². The molecule has 2 rings (SSSR count). The van der Waals surface area contributed by atoms with Crippen LogP contribution in [0.4, 0.5) is 0 Å². The zero-order valence-electron chi connectivity index (χ0n) is 12.4. The van der Waals surface area contributed by atoms with E-state index in [2.05, 4.69) is 4.98 Å². The Morgan fingerprint density at radius 1 is 1.38 bits per heavy atom. The molecule has 1 aromatic rings. The Morgan fingerprint density at radius 2 is 2.05 bits per heavy atom. The SMILES string of the molecule is COP1(=O)OC(C)(P(=O)(OC)OC)CC1c1ccccn1. The molecule has 2 heterocycles. The molecule has 1 fully saturated rings. The van der Waals surface area contributed by atoms with Gasteiger partial charge in [0.1, 0.15) is 5.66 Å². The van der Waals surface area contributed by atoms with Crippen LogP contribution in [0.1, 0.15) is 24.7 Å². The van der Waals surface area contributed by atoms with Crippen LogP contribution in [-0.2, 0) is 27.2 Å². The summed E-state index contributed by atoms with van der Waals surface area (Å²) in [5.41, 5.74) is -0.0579. The van der Waals surface area contributed by atoms with E-state index in [0.717, 1.165) is 0 Å². The number of pyridine rings is 1. The quantitative estimate of drug-likeness (QED) is 0.760. The molecule has 1 aliphatic heterocycles. The summed E-state index contributed by atoms with van der Waals surface area (Å²) >= 11 is 0. The van der Waals surface area contributed by atoms with Crippen LogP contribution in [0.15, 0.2) is 24.4 Å². The highest BCUT2D eigenvalue weighted by Crippen LogP contribution is 2.78. The lowest BCUT2D eigenvalue weighted by molar-refractivity contribution is 0.119. The summed E-state index contributed by atoms with van der Waals surface area (Å²) in [5.74, 6) is 0. The summed E-state index contributed by atoms with van der Waals surface area (Å²) in [6, 6.07) is 5.27. The molecular weight excluding hydrogens is 316 g/mol. The highest BCUT2D eigenvalue weighted by Gasteiger charge is 2.62. The average Bonchev–Trinajstić information content (AvgIpc) is 2.81. The van der Waals surface area contributed by atoms with Crippen LogP contribution in [0, 0.1) is 0 Å². The second-order valence-electron chi connectivity index (χ2n) is 4.83. The lowest BCUT2D eigenvalue weighted by atomic mass is 10.1. The summed E-state index contributed by atoms with van der Waals surface area (Å²) in [6.07, 6.45) is 1.76. The van der Waals surface area contributed by atoms with Gasteiger partial charge in [-0.25, -0.2) is 0 Å². The Morgan fingerprint density at radius 3 is 2.52 bits per heavy atom. The Kier molecular flexibility index (Phi) is 4.74. The molecule has 0 saturated carbocycles. The van der Waals surface area contributed by atoms with Gasteiger partial charge in [-0.15, -0.1) is 0 Å². The predicted octanol–water partition coefficient (Wildman–Crippen LogP) is 3.58. The predicted molar refractivity (Wildman–Crippen MR) is 77.3 cm³/mol. The van der Waals surface area contributed by atoms with Crippen LogP contribution < -0.4 is 0 Å². The minimum absolute atomic E-state index is 0.161. The molecule has 118 valence electrons. The minimum atomic E-state index is -3.59. The molecule has 21 heavy (non-hydrogen) atoms. The molecule has 0 radical (unpaired) electrons. The Labute approximate surface area is 124 Å². The van der Waals surface area contributed by atoms with Crippen molar-refractivity contribution >= 4 is 15.2 Å². The van der Waals surface area contributed by atoms with Crippen LogP contribution in [0.5, 0.6) is 0 Å². The fourth-order valence-electron chi connectivity index (χ4n) is 2.47. The van der Waals surface area contributed by atoms with Crippen LogP contribution in [0.3, 0.4) is 0 Å². The summed E-state index contributed by atoms with van der Waals surface area (Å²) in [5, 5.41) is -1.36. The van der Waals surface area contributed by atoms with Gasteiger partial charge in [-0.1, -0.05) is 6.07 Å². The monoisotopic (exact) mass is 335 g/mol. The molecule has 1 aliphatic rings. The van der Waals surface area contributed by atoms with Crippen molar-refractivity contribution in [2.75, 3.05) is 21.3 Å². The fraction of sp³-hybridized carbons (Fsp3) is 0.583. The van der Waals surface area contributed by atoms with E-state index in [0.29, 0.717) is 5.69 Å². The zero-order chi connectivity index (χ0) is 15.7. The third-order valence-corrected chi connectivity index (χ3v) is 8.54. The largest absolute Gasteiger partial charge is 0.361 e. The molecule has 0 bridgehead atoms. The van der Waals surface area contributed by atoms with Gasteiger partial charge in [-0.05, 0) is 19.1 Å². The second-order valence-corrected chi connectivity index (χ2v) is 9.75. The van der Waals surface area contributed by atoms with Crippen LogP contribution in [-0.4, -0.2) is 31.7 Å². The van der Waals surface area contributed by atoms with Gasteiger partial charge >= 0.3 is 15.2 Å². The fourth-order valence-corrected chi connectivity index (χ4v) is 6.81. The van der Waals surface area contributed by atoms with E-state index in [1.807, 2.05) is 0 Å². The molecule has 0 aromatic carbocycles. The van der Waals surface area contributed by atoms with Crippen molar-refractivity contribution in [3.8, 4) is 0 Å². The van der Waals surface area contributed by atoms with Crippen LogP contribution >= 0.6 is 15.2 Å². The second kappa shape index (κ2) is 5.92. The molecule has 0 aliphatic carbocycles. The smallest absolute Gasteiger partial charge is 0.311 e. The van der Waals surface area contributed by atoms with E-state index in [1.165, 1.54) is 21.3 Å². The van der Waals surface area contributed by atoms with Crippen molar-refractivity contribution in [1.82, 2.24) is 4.98 Å². The van der Waals surface area contributed by atoms with E-state index in [9.17, 15) is 9.13 Å². The van der Waals surface area contributed by atoms with Gasteiger partial charge in [0, 0.05) is 33.9 Å². The molecule has 3 atom stereocenters. The standard InChI is InChI=1S/C12H19NO6P2/c1-12(21(15,17-3)18-4)9-11(20(14,16-2)19-12)10-7-5-6-8-13-10/h5-8,11H,9H2,1-4H3. The molecule has 0 N–H and O–H groups in total. The van der Waals surface area contributed by atoms with Crippen molar-refractivity contribution in [3.05, 3.63) is 30.1 Å². The van der Waals surface area contributed by atoms with E-state index in [4.69, 9.17) is 18.1 Å².